The molecule has 32 heavy (non-hydrogen) atoms. The molecular weight excluding hydrogens is 482 g/mol. The van der Waals surface area contributed by atoms with Crippen LogP contribution in [0.4, 0.5) is 0 Å². The topological polar surface area (TPSA) is 118 Å². The third kappa shape index (κ3) is 7.16. The highest BCUT2D eigenvalue weighted by Crippen LogP contribution is 2.35. The van der Waals surface area contributed by atoms with E-state index in [2.05, 4.69) is 31.8 Å². The number of hydrogen-bond donors (Lipinski definition) is 3. The number of hydrogen-bond acceptors (Lipinski definition) is 7. The van der Waals surface area contributed by atoms with Gasteiger partial charge in [-0.15, -0.1) is 0 Å². The Morgan fingerprint density at radius 2 is 1.88 bits per heavy atom. The van der Waals surface area contributed by atoms with E-state index in [1.165, 1.54) is 20.4 Å². The van der Waals surface area contributed by atoms with Gasteiger partial charge in [-0.3, -0.25) is 9.59 Å². The molecular formula is C22H26BrN3O6. The quantitative estimate of drug-likeness (QED) is 0.244. The minimum Gasteiger partial charge on any atom is -0.503 e. The Morgan fingerprint density at radius 3 is 2.56 bits per heavy atom. The molecule has 0 spiro atoms. The second-order valence-electron chi connectivity index (χ2n) is 6.50. The van der Waals surface area contributed by atoms with Crippen molar-refractivity contribution >= 4 is 34.0 Å². The summed E-state index contributed by atoms with van der Waals surface area (Å²) in [6, 6.07) is 8.15. The molecule has 0 bridgehead atoms. The Balaban J connectivity index is 1.78. The normalized spacial score (nSPS) is 10.6. The number of ether oxygens (including phenoxy) is 3. The molecule has 2 rings (SSSR count). The van der Waals surface area contributed by atoms with Gasteiger partial charge in [-0.2, -0.15) is 5.10 Å². The van der Waals surface area contributed by atoms with Crippen LogP contribution in [0.2, 0.25) is 0 Å². The van der Waals surface area contributed by atoms with Crippen LogP contribution in [0.15, 0.2) is 39.9 Å². The number of phenolic OH excluding ortho intramolecular Hbond substituents is 1. The summed E-state index contributed by atoms with van der Waals surface area (Å²) in [5, 5.41) is 16.6. The van der Waals surface area contributed by atoms with Crippen LogP contribution in [-0.2, 0) is 4.79 Å². The molecule has 9 nitrogen and oxygen atoms in total. The minimum absolute atomic E-state index is 0.00293. The van der Waals surface area contributed by atoms with E-state index >= 15 is 0 Å². The maximum atomic E-state index is 12.2. The number of amides is 2. The zero-order chi connectivity index (χ0) is 23.5. The maximum absolute atomic E-state index is 12.2. The number of carbonyl (C=O) groups is 2. The Bertz CT molecular complexity index is 980. The molecule has 2 aromatic rings. The average Bonchev–Trinajstić information content (AvgIpc) is 2.79. The standard InChI is InChI=1S/C22H26BrN3O6/c1-4-32-19-11-14(10-16(23)21(19)28)13-25-26-20(27)6-5-9-24-22(29)15-7-8-17(30-2)18(12-15)31-3/h7-8,10-13,28H,4-6,9H2,1-3H3,(H,24,29)(H,26,27). The van der Waals surface area contributed by atoms with Gasteiger partial charge >= 0.3 is 0 Å². The average molecular weight is 508 g/mol. The van der Waals surface area contributed by atoms with E-state index in [1.54, 1.807) is 30.3 Å². The number of hydrazone groups is 1. The number of halogens is 1. The molecule has 0 fully saturated rings. The van der Waals surface area contributed by atoms with Gasteiger partial charge in [0, 0.05) is 18.5 Å². The van der Waals surface area contributed by atoms with Gasteiger partial charge in [0.25, 0.3) is 5.91 Å². The van der Waals surface area contributed by atoms with Crippen LogP contribution in [-0.4, -0.2) is 50.5 Å². The second-order valence-corrected chi connectivity index (χ2v) is 7.36. The SMILES string of the molecule is CCOc1cc(C=NNC(=O)CCCNC(=O)c2ccc(OC)c(OC)c2)cc(Br)c1O. The van der Waals surface area contributed by atoms with E-state index in [0.29, 0.717) is 52.4 Å². The van der Waals surface area contributed by atoms with Gasteiger partial charge in [-0.1, -0.05) is 0 Å². The minimum atomic E-state index is -0.288. The van der Waals surface area contributed by atoms with Crippen molar-refractivity contribution in [1.82, 2.24) is 10.7 Å². The highest BCUT2D eigenvalue weighted by Gasteiger charge is 2.11. The van der Waals surface area contributed by atoms with Gasteiger partial charge in [0.2, 0.25) is 5.91 Å². The monoisotopic (exact) mass is 507 g/mol. The fourth-order valence-electron chi connectivity index (χ4n) is 2.70. The second kappa shape index (κ2) is 12.6. The molecule has 10 heteroatoms. The third-order valence-corrected chi connectivity index (χ3v) is 4.87. The zero-order valence-corrected chi connectivity index (χ0v) is 19.7. The molecule has 172 valence electrons. The molecule has 2 aromatic carbocycles. The molecule has 0 atom stereocenters. The van der Waals surface area contributed by atoms with Crippen molar-refractivity contribution in [3.63, 3.8) is 0 Å². The van der Waals surface area contributed by atoms with Crippen LogP contribution < -0.4 is 25.0 Å². The smallest absolute Gasteiger partial charge is 0.251 e. The van der Waals surface area contributed by atoms with E-state index in [-0.39, 0.29) is 24.0 Å². The van der Waals surface area contributed by atoms with Crippen molar-refractivity contribution in [2.45, 2.75) is 19.8 Å². The molecule has 0 aliphatic rings. The molecule has 2 amide bonds. The number of aromatic hydroxyl groups is 1. The Hall–Kier alpha value is -3.27. The fraction of sp³-hybridized carbons (Fsp3) is 0.318. The van der Waals surface area contributed by atoms with Gasteiger partial charge in [0.05, 0.1) is 31.5 Å². The largest absolute Gasteiger partial charge is 0.503 e. The highest BCUT2D eigenvalue weighted by molar-refractivity contribution is 9.10. The summed E-state index contributed by atoms with van der Waals surface area (Å²) in [6.45, 7) is 2.54. The summed E-state index contributed by atoms with van der Waals surface area (Å²) in [6.07, 6.45) is 2.08. The number of carbonyl (C=O) groups excluding carboxylic acids is 2. The van der Waals surface area contributed by atoms with Crippen LogP contribution in [0, 0.1) is 0 Å². The lowest BCUT2D eigenvalue weighted by molar-refractivity contribution is -0.121. The van der Waals surface area contributed by atoms with Crippen molar-refractivity contribution in [2.24, 2.45) is 5.10 Å². The lowest BCUT2D eigenvalue weighted by atomic mass is 10.2. The lowest BCUT2D eigenvalue weighted by Gasteiger charge is -2.10. The molecule has 0 saturated carbocycles. The van der Waals surface area contributed by atoms with Crippen LogP contribution >= 0.6 is 15.9 Å². The van der Waals surface area contributed by atoms with Crippen molar-refractivity contribution in [3.05, 3.63) is 45.9 Å². The van der Waals surface area contributed by atoms with E-state index in [0.717, 1.165) is 0 Å². The first-order valence-electron chi connectivity index (χ1n) is 9.87. The Kier molecular flexibility index (Phi) is 9.80. The summed E-state index contributed by atoms with van der Waals surface area (Å²) in [4.78, 5) is 24.2. The van der Waals surface area contributed by atoms with Gasteiger partial charge in [0.1, 0.15) is 0 Å². The molecule has 0 heterocycles. The number of benzene rings is 2. The number of nitrogens with zero attached hydrogens (tertiary/aromatic N) is 1. The molecule has 0 saturated heterocycles. The maximum Gasteiger partial charge on any atom is 0.251 e. The van der Waals surface area contributed by atoms with Gasteiger partial charge in [0.15, 0.2) is 23.0 Å². The first kappa shape index (κ1) is 25.0. The summed E-state index contributed by atoms with van der Waals surface area (Å²) < 4.78 is 16.2. The molecule has 0 aliphatic carbocycles. The van der Waals surface area contributed by atoms with Gasteiger partial charge < -0.3 is 24.6 Å². The number of methoxy groups -OCH3 is 2. The predicted molar refractivity (Wildman–Crippen MR) is 124 cm³/mol. The summed E-state index contributed by atoms with van der Waals surface area (Å²) in [7, 11) is 3.02. The number of rotatable bonds is 11. The van der Waals surface area contributed by atoms with Crippen LogP contribution in [0.25, 0.3) is 0 Å². The van der Waals surface area contributed by atoms with E-state index < -0.39 is 0 Å². The fourth-order valence-corrected chi connectivity index (χ4v) is 3.16. The molecule has 0 unspecified atom stereocenters. The van der Waals surface area contributed by atoms with Crippen molar-refractivity contribution in [2.75, 3.05) is 27.4 Å². The van der Waals surface area contributed by atoms with Crippen LogP contribution in [0.5, 0.6) is 23.0 Å². The van der Waals surface area contributed by atoms with Crippen molar-refractivity contribution in [3.8, 4) is 23.0 Å². The summed E-state index contributed by atoms with van der Waals surface area (Å²) >= 11 is 3.25. The Morgan fingerprint density at radius 1 is 1.12 bits per heavy atom. The van der Waals surface area contributed by atoms with Crippen molar-refractivity contribution in [1.29, 1.82) is 0 Å². The number of phenols is 1. The predicted octanol–water partition coefficient (Wildman–Crippen LogP) is 3.23. The van der Waals surface area contributed by atoms with E-state index in [4.69, 9.17) is 14.2 Å². The first-order chi connectivity index (χ1) is 15.4. The van der Waals surface area contributed by atoms with Gasteiger partial charge in [-0.05, 0) is 65.2 Å². The summed E-state index contributed by atoms with van der Waals surface area (Å²) in [5.41, 5.74) is 3.51. The Labute approximate surface area is 194 Å². The highest BCUT2D eigenvalue weighted by atomic mass is 79.9. The van der Waals surface area contributed by atoms with Crippen LogP contribution in [0.1, 0.15) is 35.7 Å². The number of nitrogens with one attached hydrogen (secondary N) is 2. The lowest BCUT2D eigenvalue weighted by Crippen LogP contribution is -2.26. The van der Waals surface area contributed by atoms with Gasteiger partial charge in [-0.25, -0.2) is 5.43 Å². The van der Waals surface area contributed by atoms with E-state index in [9.17, 15) is 14.7 Å². The van der Waals surface area contributed by atoms with Crippen molar-refractivity contribution < 1.29 is 28.9 Å². The van der Waals surface area contributed by atoms with Crippen LogP contribution in [0.3, 0.4) is 0 Å². The third-order valence-electron chi connectivity index (χ3n) is 4.27. The molecule has 0 radical (unpaired) electrons. The summed E-state index contributed by atoms with van der Waals surface area (Å²) in [5.74, 6) is 0.765. The first-order valence-corrected chi connectivity index (χ1v) is 10.7. The molecule has 0 aromatic heterocycles. The van der Waals surface area contributed by atoms with E-state index in [1.807, 2.05) is 6.92 Å². The molecule has 0 aliphatic heterocycles. The molecule has 3 N–H and O–H groups in total. The zero-order valence-electron chi connectivity index (χ0n) is 18.1.